The summed E-state index contributed by atoms with van der Waals surface area (Å²) in [6.07, 6.45) is 3.07. The second-order valence-corrected chi connectivity index (χ2v) is 5.64. The third-order valence-electron chi connectivity index (χ3n) is 2.19. The molecule has 0 saturated heterocycles. The van der Waals surface area contributed by atoms with Gasteiger partial charge in [0, 0.05) is 10.0 Å². The minimum absolute atomic E-state index is 0.0701. The summed E-state index contributed by atoms with van der Waals surface area (Å²) in [5.74, 6) is 0.0701. The summed E-state index contributed by atoms with van der Waals surface area (Å²) in [5.41, 5.74) is 0.694. The van der Waals surface area contributed by atoms with Gasteiger partial charge in [0.05, 0.1) is 11.4 Å². The van der Waals surface area contributed by atoms with E-state index in [1.807, 2.05) is 19.1 Å². The van der Waals surface area contributed by atoms with Crippen molar-refractivity contribution in [2.75, 3.05) is 0 Å². The summed E-state index contributed by atoms with van der Waals surface area (Å²) < 4.78 is 6.06. The Morgan fingerprint density at radius 1 is 1.41 bits per heavy atom. The van der Waals surface area contributed by atoms with E-state index in [-0.39, 0.29) is 11.0 Å². The molecule has 1 heterocycles. The van der Waals surface area contributed by atoms with Gasteiger partial charge in [0.15, 0.2) is 5.78 Å². The topological polar surface area (TPSA) is 43.1 Å². The molecule has 2 rings (SSSR count). The molecule has 5 heteroatoms. The highest BCUT2D eigenvalue weighted by Gasteiger charge is 2.18. The van der Waals surface area contributed by atoms with Crippen molar-refractivity contribution in [1.29, 1.82) is 0 Å². The maximum atomic E-state index is 12.1. The summed E-state index contributed by atoms with van der Waals surface area (Å²) in [5, 5.41) is 0.304. The molecule has 0 spiro atoms. The first-order valence-corrected chi connectivity index (χ1v) is 6.70. The Kier molecular flexibility index (Phi) is 4.02. The zero-order valence-electron chi connectivity index (χ0n) is 9.09. The van der Waals surface area contributed by atoms with E-state index < -0.39 is 0 Å². The Morgan fingerprint density at radius 2 is 2.12 bits per heavy atom. The van der Waals surface area contributed by atoms with Gasteiger partial charge in [-0.3, -0.25) is 4.79 Å². The molecule has 1 atom stereocenters. The minimum Gasteiger partial charge on any atom is -0.440 e. The number of oxazole rings is 1. The molecule has 17 heavy (non-hydrogen) atoms. The number of benzene rings is 1. The predicted molar refractivity (Wildman–Crippen MR) is 70.3 cm³/mol. The fraction of sp³-hybridized carbons (Fsp3) is 0.167. The Balaban J connectivity index is 2.07. The highest BCUT2D eigenvalue weighted by atomic mass is 79.9. The van der Waals surface area contributed by atoms with Crippen LogP contribution in [0.25, 0.3) is 0 Å². The van der Waals surface area contributed by atoms with Gasteiger partial charge in [-0.05, 0) is 19.1 Å². The van der Waals surface area contributed by atoms with Crippen LogP contribution in [0.1, 0.15) is 17.3 Å². The van der Waals surface area contributed by atoms with Crippen molar-refractivity contribution < 1.29 is 9.21 Å². The summed E-state index contributed by atoms with van der Waals surface area (Å²) >= 11 is 4.66. The SMILES string of the molecule is CC(Sc1ncco1)C(=O)c1ccc(Br)cc1. The van der Waals surface area contributed by atoms with E-state index in [4.69, 9.17) is 4.42 Å². The van der Waals surface area contributed by atoms with Crippen LogP contribution in [0.5, 0.6) is 0 Å². The normalized spacial score (nSPS) is 12.4. The number of hydrogen-bond acceptors (Lipinski definition) is 4. The third-order valence-corrected chi connectivity index (χ3v) is 3.68. The van der Waals surface area contributed by atoms with Crippen LogP contribution < -0.4 is 0 Å². The number of rotatable bonds is 4. The van der Waals surface area contributed by atoms with Crippen LogP contribution in [0, 0.1) is 0 Å². The lowest BCUT2D eigenvalue weighted by Gasteiger charge is -2.07. The number of carbonyl (C=O) groups is 1. The number of nitrogens with zero attached hydrogens (tertiary/aromatic N) is 1. The van der Waals surface area contributed by atoms with Crippen molar-refractivity contribution in [2.45, 2.75) is 17.4 Å². The molecule has 0 aliphatic rings. The van der Waals surface area contributed by atoms with E-state index in [9.17, 15) is 4.79 Å². The van der Waals surface area contributed by atoms with Crippen molar-refractivity contribution in [3.05, 3.63) is 46.8 Å². The summed E-state index contributed by atoms with van der Waals surface area (Å²) in [6.45, 7) is 1.85. The van der Waals surface area contributed by atoms with Crippen LogP contribution in [0.4, 0.5) is 0 Å². The molecular formula is C12H10BrNO2S. The van der Waals surface area contributed by atoms with Gasteiger partial charge >= 0.3 is 0 Å². The zero-order valence-corrected chi connectivity index (χ0v) is 11.5. The Morgan fingerprint density at radius 3 is 2.71 bits per heavy atom. The van der Waals surface area contributed by atoms with Crippen molar-refractivity contribution in [3.8, 4) is 0 Å². The van der Waals surface area contributed by atoms with Gasteiger partial charge in [0.2, 0.25) is 0 Å². The second-order valence-electron chi connectivity index (χ2n) is 3.43. The summed E-state index contributed by atoms with van der Waals surface area (Å²) in [4.78, 5) is 16.1. The molecule has 1 aromatic heterocycles. The van der Waals surface area contributed by atoms with Gasteiger partial charge in [-0.25, -0.2) is 4.98 Å². The Bertz CT molecular complexity index is 496. The standard InChI is InChI=1S/C12H10BrNO2S/c1-8(17-12-14-6-7-16-12)11(15)9-2-4-10(13)5-3-9/h2-8H,1H3. The zero-order chi connectivity index (χ0) is 12.3. The molecule has 0 saturated carbocycles. The van der Waals surface area contributed by atoms with E-state index in [0.717, 1.165) is 4.47 Å². The average Bonchev–Trinajstić information content (AvgIpc) is 2.82. The maximum absolute atomic E-state index is 12.1. The molecule has 1 unspecified atom stereocenters. The maximum Gasteiger partial charge on any atom is 0.256 e. The molecular weight excluding hydrogens is 302 g/mol. The Labute approximate surface area is 112 Å². The fourth-order valence-corrected chi connectivity index (χ4v) is 2.36. The smallest absolute Gasteiger partial charge is 0.256 e. The molecule has 0 fully saturated rings. The number of aromatic nitrogens is 1. The van der Waals surface area contributed by atoms with Crippen molar-refractivity contribution >= 4 is 33.5 Å². The van der Waals surface area contributed by atoms with Crippen LogP contribution in [-0.2, 0) is 0 Å². The monoisotopic (exact) mass is 311 g/mol. The average molecular weight is 312 g/mol. The van der Waals surface area contributed by atoms with Crippen LogP contribution in [0.3, 0.4) is 0 Å². The number of halogens is 1. The van der Waals surface area contributed by atoms with Crippen molar-refractivity contribution in [3.63, 3.8) is 0 Å². The molecule has 88 valence electrons. The third kappa shape index (κ3) is 3.20. The van der Waals surface area contributed by atoms with Crippen LogP contribution >= 0.6 is 27.7 Å². The van der Waals surface area contributed by atoms with Crippen LogP contribution in [0.15, 0.2) is 50.8 Å². The van der Waals surface area contributed by atoms with Gasteiger partial charge in [-0.1, -0.05) is 39.8 Å². The number of Topliss-reactive ketones (excluding diaryl/α,β-unsaturated/α-hetero) is 1. The first kappa shape index (κ1) is 12.4. The fourth-order valence-electron chi connectivity index (χ4n) is 1.32. The van der Waals surface area contributed by atoms with Gasteiger partial charge in [-0.2, -0.15) is 0 Å². The van der Waals surface area contributed by atoms with Gasteiger partial charge < -0.3 is 4.42 Å². The van der Waals surface area contributed by atoms with E-state index in [2.05, 4.69) is 20.9 Å². The first-order valence-electron chi connectivity index (χ1n) is 5.03. The lowest BCUT2D eigenvalue weighted by atomic mass is 10.1. The van der Waals surface area contributed by atoms with Crippen LogP contribution in [0.2, 0.25) is 0 Å². The molecule has 0 amide bonds. The molecule has 0 bridgehead atoms. The van der Waals surface area contributed by atoms with E-state index >= 15 is 0 Å². The molecule has 0 N–H and O–H groups in total. The lowest BCUT2D eigenvalue weighted by molar-refractivity contribution is 0.0993. The van der Waals surface area contributed by atoms with Crippen LogP contribution in [-0.4, -0.2) is 16.0 Å². The van der Waals surface area contributed by atoms with Crippen molar-refractivity contribution in [1.82, 2.24) is 4.98 Å². The van der Waals surface area contributed by atoms with E-state index in [0.29, 0.717) is 10.8 Å². The lowest BCUT2D eigenvalue weighted by Crippen LogP contribution is -2.13. The minimum atomic E-state index is -0.213. The van der Waals surface area contributed by atoms with E-state index in [1.54, 1.807) is 18.3 Å². The highest BCUT2D eigenvalue weighted by Crippen LogP contribution is 2.24. The second kappa shape index (κ2) is 5.51. The molecule has 3 nitrogen and oxygen atoms in total. The number of carbonyl (C=O) groups excluding carboxylic acids is 1. The van der Waals surface area contributed by atoms with Gasteiger partial charge in [0.1, 0.15) is 6.26 Å². The molecule has 0 aliphatic heterocycles. The summed E-state index contributed by atoms with van der Waals surface area (Å²) in [7, 11) is 0. The number of hydrogen-bond donors (Lipinski definition) is 0. The molecule has 0 aliphatic carbocycles. The predicted octanol–water partition coefficient (Wildman–Crippen LogP) is 3.80. The van der Waals surface area contributed by atoms with E-state index in [1.165, 1.54) is 18.0 Å². The summed E-state index contributed by atoms with van der Waals surface area (Å²) in [6, 6.07) is 7.32. The van der Waals surface area contributed by atoms with Gasteiger partial charge in [-0.15, -0.1) is 0 Å². The van der Waals surface area contributed by atoms with Crippen molar-refractivity contribution in [2.24, 2.45) is 0 Å². The quantitative estimate of drug-likeness (QED) is 0.636. The molecule has 0 radical (unpaired) electrons. The van der Waals surface area contributed by atoms with Gasteiger partial charge in [0.25, 0.3) is 5.22 Å². The number of thioether (sulfide) groups is 1. The first-order chi connectivity index (χ1) is 8.16. The molecule has 1 aromatic carbocycles. The molecule has 2 aromatic rings. The number of ketones is 1. The largest absolute Gasteiger partial charge is 0.440 e. The Hall–Kier alpha value is -1.07. The highest BCUT2D eigenvalue weighted by molar-refractivity contribution is 9.10.